The summed E-state index contributed by atoms with van der Waals surface area (Å²) in [5.74, 6) is -2.26. The molecule has 90 valence electrons. The summed E-state index contributed by atoms with van der Waals surface area (Å²) in [5, 5.41) is 8.03. The first-order valence-corrected chi connectivity index (χ1v) is 3.38. The van der Waals surface area contributed by atoms with Crippen LogP contribution in [0, 0.1) is 0 Å². The first-order valence-electron chi connectivity index (χ1n) is 3.38. The maximum absolute atomic E-state index is 12.1. The largest absolute Gasteiger partial charge is 0.481 e. The van der Waals surface area contributed by atoms with Crippen molar-refractivity contribution in [3.05, 3.63) is 0 Å². The van der Waals surface area contributed by atoms with Crippen molar-refractivity contribution < 1.29 is 41.0 Å². The first-order chi connectivity index (χ1) is 6.48. The number of carboxylic acid groups (broad SMARTS) is 1. The number of hydrogen-bond acceptors (Lipinski definition) is 2. The van der Waals surface area contributed by atoms with Crippen molar-refractivity contribution in [1.29, 1.82) is 0 Å². The van der Waals surface area contributed by atoms with Gasteiger partial charge in [-0.25, -0.2) is 0 Å². The van der Waals surface area contributed by atoms with Gasteiger partial charge in [0.2, 0.25) is 0 Å². The molecule has 0 spiro atoms. The third-order valence-electron chi connectivity index (χ3n) is 1.66. The fourth-order valence-corrected chi connectivity index (χ4v) is 0.878. The third kappa shape index (κ3) is 2.52. The highest BCUT2D eigenvalue weighted by molar-refractivity contribution is 5.68. The minimum Gasteiger partial charge on any atom is -0.481 e. The molecule has 0 heterocycles. The Labute approximate surface area is 79.6 Å². The minimum absolute atomic E-state index is 0.157. The predicted molar refractivity (Wildman–Crippen MR) is 34.1 cm³/mol. The smallest absolute Gasteiger partial charge is 0.427 e. The van der Waals surface area contributed by atoms with Gasteiger partial charge in [-0.15, -0.1) is 0 Å². The highest BCUT2D eigenvalue weighted by atomic mass is 19.4. The molecule has 0 radical (unpaired) electrons. The van der Waals surface area contributed by atoms with Gasteiger partial charge >= 0.3 is 18.3 Å². The fraction of sp³-hybridized carbons (Fsp3) is 0.833. The number of halogens is 6. The van der Waals surface area contributed by atoms with Gasteiger partial charge in [-0.2, -0.15) is 26.3 Å². The summed E-state index contributed by atoms with van der Waals surface area (Å²) in [6, 6.07) is 0. The van der Waals surface area contributed by atoms with Crippen molar-refractivity contribution in [2.45, 2.75) is 24.4 Å². The lowest BCUT2D eigenvalue weighted by atomic mass is 9.98. The summed E-state index contributed by atoms with van der Waals surface area (Å²) in [4.78, 5) is 9.99. The van der Waals surface area contributed by atoms with Crippen LogP contribution in [0.2, 0.25) is 0 Å². The molecule has 0 rings (SSSR count). The van der Waals surface area contributed by atoms with Crippen molar-refractivity contribution in [2.24, 2.45) is 0 Å². The molecule has 0 saturated heterocycles. The Morgan fingerprint density at radius 2 is 1.47 bits per heavy atom. The molecule has 9 heteroatoms. The van der Waals surface area contributed by atoms with Gasteiger partial charge in [-0.3, -0.25) is 4.79 Å². The zero-order valence-electron chi connectivity index (χ0n) is 7.24. The summed E-state index contributed by atoms with van der Waals surface area (Å²) in [6.45, 7) is 0. The Kier molecular flexibility index (Phi) is 3.62. The first kappa shape index (κ1) is 14.0. The van der Waals surface area contributed by atoms with E-state index in [-0.39, 0.29) is 7.11 Å². The highest BCUT2D eigenvalue weighted by Crippen LogP contribution is 2.47. The molecule has 0 aliphatic rings. The second-order valence-corrected chi connectivity index (χ2v) is 2.60. The minimum atomic E-state index is -5.85. The van der Waals surface area contributed by atoms with Crippen LogP contribution >= 0.6 is 0 Å². The average Bonchev–Trinajstić information content (AvgIpc) is 1.94. The van der Waals surface area contributed by atoms with Gasteiger partial charge in [0.25, 0.3) is 5.60 Å². The Balaban J connectivity index is 5.42. The number of aliphatic carboxylic acids is 1. The molecule has 0 bridgehead atoms. The Morgan fingerprint density at radius 3 is 1.53 bits per heavy atom. The van der Waals surface area contributed by atoms with E-state index >= 15 is 0 Å². The molecule has 0 aromatic rings. The maximum Gasteiger partial charge on any atom is 0.427 e. The van der Waals surface area contributed by atoms with Gasteiger partial charge in [-0.05, 0) is 0 Å². The zero-order valence-corrected chi connectivity index (χ0v) is 7.24. The van der Waals surface area contributed by atoms with Crippen LogP contribution in [-0.2, 0) is 9.53 Å². The van der Waals surface area contributed by atoms with Crippen LogP contribution in [0.3, 0.4) is 0 Å². The van der Waals surface area contributed by atoms with Crippen molar-refractivity contribution in [1.82, 2.24) is 0 Å². The molecule has 0 saturated carbocycles. The molecular weight excluding hydrogens is 234 g/mol. The van der Waals surface area contributed by atoms with E-state index in [1.165, 1.54) is 0 Å². The van der Waals surface area contributed by atoms with E-state index in [1.54, 1.807) is 0 Å². The summed E-state index contributed by atoms with van der Waals surface area (Å²) >= 11 is 0. The van der Waals surface area contributed by atoms with Crippen LogP contribution in [-0.4, -0.2) is 36.1 Å². The highest BCUT2D eigenvalue weighted by Gasteiger charge is 2.72. The summed E-state index contributed by atoms with van der Waals surface area (Å²) in [6.07, 6.45) is -13.9. The molecule has 0 aromatic heterocycles. The standard InChI is InChI=1S/C6H6F6O3/c1-15-4(2-3(13)14,5(7,8)9)6(10,11)12/h2H2,1H3,(H,13,14). The Morgan fingerprint density at radius 1 is 1.13 bits per heavy atom. The van der Waals surface area contributed by atoms with Crippen molar-refractivity contribution in [3.8, 4) is 0 Å². The number of rotatable bonds is 3. The van der Waals surface area contributed by atoms with Crippen LogP contribution in [0.15, 0.2) is 0 Å². The lowest BCUT2D eigenvalue weighted by Gasteiger charge is -2.34. The monoisotopic (exact) mass is 240 g/mol. The van der Waals surface area contributed by atoms with E-state index in [4.69, 9.17) is 5.11 Å². The lowest BCUT2D eigenvalue weighted by molar-refractivity contribution is -0.374. The molecular formula is C6H6F6O3. The van der Waals surface area contributed by atoms with Crippen LogP contribution in [0.1, 0.15) is 6.42 Å². The van der Waals surface area contributed by atoms with Gasteiger partial charge in [0, 0.05) is 7.11 Å². The van der Waals surface area contributed by atoms with Crippen molar-refractivity contribution in [3.63, 3.8) is 0 Å². The van der Waals surface area contributed by atoms with Crippen LogP contribution in [0.4, 0.5) is 26.3 Å². The van der Waals surface area contributed by atoms with Gasteiger partial charge in [-0.1, -0.05) is 0 Å². The summed E-state index contributed by atoms with van der Waals surface area (Å²) < 4.78 is 76.1. The molecule has 0 fully saturated rings. The van der Waals surface area contributed by atoms with Gasteiger partial charge < -0.3 is 9.84 Å². The predicted octanol–water partition coefficient (Wildman–Crippen LogP) is 1.97. The SMILES string of the molecule is COC(CC(=O)O)(C(F)(F)F)C(F)(F)F. The molecule has 0 unspecified atom stereocenters. The molecule has 1 N–H and O–H groups in total. The lowest BCUT2D eigenvalue weighted by Crippen LogP contribution is -2.59. The number of hydrogen-bond donors (Lipinski definition) is 1. The van der Waals surface area contributed by atoms with E-state index in [0.29, 0.717) is 0 Å². The van der Waals surface area contributed by atoms with Gasteiger partial charge in [0.15, 0.2) is 0 Å². The number of methoxy groups -OCH3 is 1. The molecule has 0 aliphatic carbocycles. The number of carbonyl (C=O) groups is 1. The van der Waals surface area contributed by atoms with E-state index in [0.717, 1.165) is 0 Å². The zero-order chi connectivity index (χ0) is 12.5. The fourth-order valence-electron chi connectivity index (χ4n) is 0.878. The number of alkyl halides is 6. The quantitative estimate of drug-likeness (QED) is 0.767. The van der Waals surface area contributed by atoms with Gasteiger partial charge in [0.05, 0.1) is 6.42 Å². The Bertz CT molecular complexity index is 228. The maximum atomic E-state index is 12.1. The molecule has 3 nitrogen and oxygen atoms in total. The summed E-state index contributed by atoms with van der Waals surface area (Å²) in [5.41, 5.74) is -4.66. The average molecular weight is 240 g/mol. The number of ether oxygens (including phenoxy) is 1. The molecule has 0 atom stereocenters. The van der Waals surface area contributed by atoms with E-state index in [1.807, 2.05) is 0 Å². The normalized spacial score (nSPS) is 14.1. The number of carboxylic acids is 1. The molecule has 0 amide bonds. The summed E-state index contributed by atoms with van der Waals surface area (Å²) in [7, 11) is 0.157. The Hall–Kier alpha value is -0.990. The molecule has 0 aromatic carbocycles. The third-order valence-corrected chi connectivity index (χ3v) is 1.66. The van der Waals surface area contributed by atoms with E-state index < -0.39 is 30.3 Å². The van der Waals surface area contributed by atoms with Crippen LogP contribution < -0.4 is 0 Å². The van der Waals surface area contributed by atoms with Crippen molar-refractivity contribution in [2.75, 3.05) is 7.11 Å². The van der Waals surface area contributed by atoms with Crippen LogP contribution in [0.5, 0.6) is 0 Å². The molecule has 15 heavy (non-hydrogen) atoms. The van der Waals surface area contributed by atoms with Gasteiger partial charge in [0.1, 0.15) is 0 Å². The van der Waals surface area contributed by atoms with E-state index in [2.05, 4.69) is 4.74 Å². The topological polar surface area (TPSA) is 46.5 Å². The van der Waals surface area contributed by atoms with Crippen molar-refractivity contribution >= 4 is 5.97 Å². The second kappa shape index (κ2) is 3.87. The molecule has 0 aliphatic heterocycles. The second-order valence-electron chi connectivity index (χ2n) is 2.60. The van der Waals surface area contributed by atoms with Crippen LogP contribution in [0.25, 0.3) is 0 Å². The van der Waals surface area contributed by atoms with E-state index in [9.17, 15) is 31.1 Å².